The monoisotopic (exact) mass is 348 g/mol. The van der Waals surface area contributed by atoms with Crippen LogP contribution in [0.25, 0.3) is 0 Å². The van der Waals surface area contributed by atoms with E-state index < -0.39 is 0 Å². The standard InChI is InChI=1S/C18H25ClN4O/c1-6-7-8-23(4)18-11-17(20-13(3)21-18)22-15-9-12(2)14(19)10-16(15)24-5/h9-11H,6-8H2,1-5H3,(H,20,21,22). The molecule has 0 radical (unpaired) electrons. The molecule has 0 atom stereocenters. The van der Waals surface area contributed by atoms with E-state index in [2.05, 4.69) is 27.1 Å². The summed E-state index contributed by atoms with van der Waals surface area (Å²) in [5.74, 6) is 3.05. The number of anilines is 3. The fraction of sp³-hybridized carbons (Fsp3) is 0.444. The Hall–Kier alpha value is -2.01. The summed E-state index contributed by atoms with van der Waals surface area (Å²) in [5, 5.41) is 4.00. The molecule has 2 rings (SSSR count). The van der Waals surface area contributed by atoms with E-state index in [1.54, 1.807) is 7.11 Å². The highest BCUT2D eigenvalue weighted by atomic mass is 35.5. The Balaban J connectivity index is 2.30. The van der Waals surface area contributed by atoms with Crippen molar-refractivity contribution in [2.24, 2.45) is 0 Å². The van der Waals surface area contributed by atoms with Gasteiger partial charge >= 0.3 is 0 Å². The fourth-order valence-corrected chi connectivity index (χ4v) is 2.54. The number of halogens is 1. The van der Waals surface area contributed by atoms with Crippen LogP contribution in [0.2, 0.25) is 5.02 Å². The third-order valence-electron chi connectivity index (χ3n) is 3.81. The summed E-state index contributed by atoms with van der Waals surface area (Å²) < 4.78 is 5.41. The maximum atomic E-state index is 6.17. The van der Waals surface area contributed by atoms with Crippen molar-refractivity contribution in [1.29, 1.82) is 0 Å². The molecular formula is C18H25ClN4O. The predicted octanol–water partition coefficient (Wildman–Crippen LogP) is 4.74. The smallest absolute Gasteiger partial charge is 0.143 e. The van der Waals surface area contributed by atoms with Gasteiger partial charge in [0.15, 0.2) is 0 Å². The van der Waals surface area contributed by atoms with Gasteiger partial charge in [-0.3, -0.25) is 0 Å². The zero-order chi connectivity index (χ0) is 17.7. The summed E-state index contributed by atoms with van der Waals surface area (Å²) in [4.78, 5) is 11.2. The zero-order valence-electron chi connectivity index (χ0n) is 15.0. The maximum Gasteiger partial charge on any atom is 0.143 e. The van der Waals surface area contributed by atoms with Crippen molar-refractivity contribution < 1.29 is 4.74 Å². The van der Waals surface area contributed by atoms with E-state index in [9.17, 15) is 0 Å². The van der Waals surface area contributed by atoms with Gasteiger partial charge in [-0.25, -0.2) is 9.97 Å². The molecule has 2 aromatic rings. The minimum atomic E-state index is 0.677. The first-order chi connectivity index (χ1) is 11.4. The molecule has 5 nitrogen and oxygen atoms in total. The van der Waals surface area contributed by atoms with Crippen LogP contribution in [-0.2, 0) is 0 Å². The Kier molecular flexibility index (Phi) is 6.26. The van der Waals surface area contributed by atoms with Gasteiger partial charge in [0.05, 0.1) is 12.8 Å². The van der Waals surface area contributed by atoms with Crippen LogP contribution in [0.3, 0.4) is 0 Å². The number of rotatable bonds is 7. The number of methoxy groups -OCH3 is 1. The van der Waals surface area contributed by atoms with Crippen molar-refractivity contribution in [3.63, 3.8) is 0 Å². The number of benzene rings is 1. The van der Waals surface area contributed by atoms with Gasteiger partial charge in [-0.2, -0.15) is 0 Å². The topological polar surface area (TPSA) is 50.3 Å². The normalized spacial score (nSPS) is 10.6. The van der Waals surface area contributed by atoms with Gasteiger partial charge in [-0.05, 0) is 31.9 Å². The largest absolute Gasteiger partial charge is 0.495 e. The van der Waals surface area contributed by atoms with E-state index in [0.717, 1.165) is 48.1 Å². The van der Waals surface area contributed by atoms with Crippen molar-refractivity contribution in [1.82, 2.24) is 9.97 Å². The Morgan fingerprint density at radius 1 is 1.21 bits per heavy atom. The lowest BCUT2D eigenvalue weighted by Crippen LogP contribution is -2.20. The Morgan fingerprint density at radius 2 is 1.96 bits per heavy atom. The predicted molar refractivity (Wildman–Crippen MR) is 101 cm³/mol. The van der Waals surface area contributed by atoms with E-state index in [0.29, 0.717) is 10.8 Å². The Morgan fingerprint density at radius 3 is 2.62 bits per heavy atom. The first-order valence-electron chi connectivity index (χ1n) is 8.12. The van der Waals surface area contributed by atoms with Crippen molar-refractivity contribution in [3.05, 3.63) is 34.6 Å². The molecule has 0 aliphatic rings. The molecule has 0 aliphatic heterocycles. The van der Waals surface area contributed by atoms with Crippen molar-refractivity contribution in [3.8, 4) is 5.75 Å². The van der Waals surface area contributed by atoms with Gasteiger partial charge in [-0.1, -0.05) is 24.9 Å². The second kappa shape index (κ2) is 8.20. The molecule has 0 spiro atoms. The molecule has 0 fully saturated rings. The maximum absolute atomic E-state index is 6.17. The summed E-state index contributed by atoms with van der Waals surface area (Å²) >= 11 is 6.17. The average Bonchev–Trinajstić information content (AvgIpc) is 2.55. The molecule has 0 bridgehead atoms. The Labute approximate surface area is 149 Å². The summed E-state index contributed by atoms with van der Waals surface area (Å²) in [6.45, 7) is 7.01. The van der Waals surface area contributed by atoms with Crippen LogP contribution in [0.1, 0.15) is 31.2 Å². The molecule has 6 heteroatoms. The number of nitrogens with zero attached hydrogens (tertiary/aromatic N) is 3. The summed E-state index contributed by atoms with van der Waals surface area (Å²) in [6, 6.07) is 5.71. The number of hydrogen-bond acceptors (Lipinski definition) is 5. The molecule has 0 saturated heterocycles. The second-order valence-corrected chi connectivity index (χ2v) is 6.27. The SMILES string of the molecule is CCCCN(C)c1cc(Nc2cc(C)c(Cl)cc2OC)nc(C)n1. The number of ether oxygens (including phenoxy) is 1. The van der Waals surface area contributed by atoms with E-state index in [1.807, 2.05) is 39.1 Å². The van der Waals surface area contributed by atoms with Gasteiger partial charge in [0, 0.05) is 30.7 Å². The van der Waals surface area contributed by atoms with E-state index in [1.165, 1.54) is 0 Å². The average molecular weight is 349 g/mol. The fourth-order valence-electron chi connectivity index (χ4n) is 2.39. The summed E-state index contributed by atoms with van der Waals surface area (Å²) in [7, 11) is 3.68. The quantitative estimate of drug-likeness (QED) is 0.783. The van der Waals surface area contributed by atoms with E-state index >= 15 is 0 Å². The van der Waals surface area contributed by atoms with Gasteiger partial charge in [-0.15, -0.1) is 0 Å². The van der Waals surface area contributed by atoms with Crippen LogP contribution in [0.4, 0.5) is 17.3 Å². The van der Waals surface area contributed by atoms with Gasteiger partial charge in [0.2, 0.25) is 0 Å². The molecule has 24 heavy (non-hydrogen) atoms. The number of aromatic nitrogens is 2. The summed E-state index contributed by atoms with van der Waals surface area (Å²) in [6.07, 6.45) is 2.28. The van der Waals surface area contributed by atoms with Gasteiger partial charge < -0.3 is 15.0 Å². The molecule has 0 aliphatic carbocycles. The Bertz CT molecular complexity index is 706. The molecule has 0 unspecified atom stereocenters. The highest BCUT2D eigenvalue weighted by molar-refractivity contribution is 6.31. The third kappa shape index (κ3) is 4.51. The van der Waals surface area contributed by atoms with Gasteiger partial charge in [0.25, 0.3) is 0 Å². The van der Waals surface area contributed by atoms with Crippen LogP contribution in [0.15, 0.2) is 18.2 Å². The second-order valence-electron chi connectivity index (χ2n) is 5.86. The molecule has 1 heterocycles. The molecule has 1 N–H and O–H groups in total. The van der Waals surface area contributed by atoms with Crippen molar-refractivity contribution in [2.75, 3.05) is 30.9 Å². The number of hydrogen-bond donors (Lipinski definition) is 1. The zero-order valence-corrected chi connectivity index (χ0v) is 15.7. The third-order valence-corrected chi connectivity index (χ3v) is 4.21. The molecule has 0 saturated carbocycles. The highest BCUT2D eigenvalue weighted by Crippen LogP contribution is 2.33. The number of aryl methyl sites for hydroxylation is 2. The molecule has 1 aromatic carbocycles. The van der Waals surface area contributed by atoms with Crippen LogP contribution in [-0.4, -0.2) is 30.7 Å². The van der Waals surface area contributed by atoms with Gasteiger partial charge in [0.1, 0.15) is 23.2 Å². The van der Waals surface area contributed by atoms with Crippen molar-refractivity contribution >= 4 is 28.9 Å². The first-order valence-corrected chi connectivity index (χ1v) is 8.50. The summed E-state index contributed by atoms with van der Waals surface area (Å²) in [5.41, 5.74) is 1.81. The van der Waals surface area contributed by atoms with Crippen LogP contribution >= 0.6 is 11.6 Å². The molecular weight excluding hydrogens is 324 g/mol. The van der Waals surface area contributed by atoms with Crippen LogP contribution < -0.4 is 15.0 Å². The van der Waals surface area contributed by atoms with Crippen LogP contribution in [0, 0.1) is 13.8 Å². The molecule has 0 amide bonds. The lowest BCUT2D eigenvalue weighted by molar-refractivity contribution is 0.416. The minimum absolute atomic E-state index is 0.677. The van der Waals surface area contributed by atoms with Crippen LogP contribution in [0.5, 0.6) is 5.75 Å². The number of nitrogens with one attached hydrogen (secondary N) is 1. The lowest BCUT2D eigenvalue weighted by atomic mass is 10.2. The number of unbranched alkanes of at least 4 members (excludes halogenated alkanes) is 1. The van der Waals surface area contributed by atoms with E-state index in [4.69, 9.17) is 16.3 Å². The molecule has 130 valence electrons. The minimum Gasteiger partial charge on any atom is -0.495 e. The lowest BCUT2D eigenvalue weighted by Gasteiger charge is -2.19. The van der Waals surface area contributed by atoms with Crippen molar-refractivity contribution in [2.45, 2.75) is 33.6 Å². The molecule has 1 aromatic heterocycles. The first kappa shape index (κ1) is 18.3. The van der Waals surface area contributed by atoms with E-state index in [-0.39, 0.29) is 0 Å². The highest BCUT2D eigenvalue weighted by Gasteiger charge is 2.11.